The molecule has 0 saturated carbocycles. The molecule has 0 unspecified atom stereocenters. The summed E-state index contributed by atoms with van der Waals surface area (Å²) >= 11 is 4.66. The summed E-state index contributed by atoms with van der Waals surface area (Å²) in [6.45, 7) is 1.66. The van der Waals surface area contributed by atoms with E-state index in [4.69, 9.17) is 0 Å². The van der Waals surface area contributed by atoms with Crippen molar-refractivity contribution in [3.8, 4) is 17.1 Å². The zero-order valence-electron chi connectivity index (χ0n) is 18.3. The number of nitrogens with one attached hydrogen (secondary N) is 1. The second kappa shape index (κ2) is 11.0. The smallest absolute Gasteiger partial charge is 0.270 e. The zero-order chi connectivity index (χ0) is 24.8. The van der Waals surface area contributed by atoms with Gasteiger partial charge in [0.25, 0.3) is 11.6 Å². The molecule has 0 aliphatic rings. The van der Waals surface area contributed by atoms with Gasteiger partial charge >= 0.3 is 0 Å². The molecule has 0 spiro atoms. The Labute approximate surface area is 212 Å². The topological polar surface area (TPSA) is 128 Å². The van der Waals surface area contributed by atoms with Crippen molar-refractivity contribution in [2.75, 3.05) is 5.75 Å². The molecule has 0 aliphatic carbocycles. The fourth-order valence-corrected chi connectivity index (χ4v) is 4.10. The Bertz CT molecular complexity index is 1390. The Balaban J connectivity index is 1.50. The van der Waals surface area contributed by atoms with Crippen molar-refractivity contribution in [3.05, 3.63) is 93.2 Å². The Morgan fingerprint density at radius 3 is 2.60 bits per heavy atom. The maximum atomic E-state index is 12.5. The van der Waals surface area contributed by atoms with Crippen LogP contribution in [0, 0.1) is 10.1 Å². The van der Waals surface area contributed by atoms with Gasteiger partial charge < -0.3 is 0 Å². The lowest BCUT2D eigenvalue weighted by atomic mass is 10.1. The van der Waals surface area contributed by atoms with Crippen LogP contribution in [-0.4, -0.2) is 42.0 Å². The molecule has 2 heterocycles. The van der Waals surface area contributed by atoms with E-state index in [0.29, 0.717) is 22.3 Å². The van der Waals surface area contributed by atoms with Crippen molar-refractivity contribution in [1.82, 2.24) is 25.2 Å². The van der Waals surface area contributed by atoms with Gasteiger partial charge in [-0.25, -0.2) is 5.43 Å². The van der Waals surface area contributed by atoms with E-state index >= 15 is 0 Å². The number of benzene rings is 2. The van der Waals surface area contributed by atoms with Gasteiger partial charge in [0.05, 0.1) is 16.4 Å². The average Bonchev–Trinajstić information content (AvgIpc) is 3.31. The fraction of sp³-hybridized carbons (Fsp3) is 0.0870. The summed E-state index contributed by atoms with van der Waals surface area (Å²) in [6.07, 6.45) is 3.36. The fourth-order valence-electron chi connectivity index (χ4n) is 3.09. The van der Waals surface area contributed by atoms with Gasteiger partial charge in [0, 0.05) is 45.8 Å². The van der Waals surface area contributed by atoms with E-state index in [0.717, 1.165) is 15.7 Å². The van der Waals surface area contributed by atoms with Crippen LogP contribution < -0.4 is 5.43 Å². The third-order valence-electron chi connectivity index (χ3n) is 4.81. The largest absolute Gasteiger partial charge is 0.272 e. The van der Waals surface area contributed by atoms with Gasteiger partial charge in [0.1, 0.15) is 0 Å². The zero-order valence-corrected chi connectivity index (χ0v) is 20.7. The first kappa shape index (κ1) is 24.2. The summed E-state index contributed by atoms with van der Waals surface area (Å²) in [5.74, 6) is 0.309. The van der Waals surface area contributed by atoms with E-state index in [-0.39, 0.29) is 17.3 Å². The number of hydrazone groups is 1. The second-order valence-corrected chi connectivity index (χ2v) is 9.04. The number of carbonyl (C=O) groups excluding carboxylic acids is 1. The Hall–Kier alpha value is -3.90. The molecule has 2 aromatic carbocycles. The minimum atomic E-state index is -0.478. The molecule has 4 aromatic rings. The van der Waals surface area contributed by atoms with Gasteiger partial charge in [0.2, 0.25) is 0 Å². The Morgan fingerprint density at radius 2 is 1.89 bits per heavy atom. The van der Waals surface area contributed by atoms with Crippen LogP contribution in [0.25, 0.3) is 17.1 Å². The molecule has 1 amide bonds. The van der Waals surface area contributed by atoms with Gasteiger partial charge in [-0.05, 0) is 43.3 Å². The summed E-state index contributed by atoms with van der Waals surface area (Å²) < 4.78 is 2.81. The molecule has 0 radical (unpaired) electrons. The number of nitrogens with zero attached hydrogens (tertiary/aromatic N) is 6. The lowest BCUT2D eigenvalue weighted by molar-refractivity contribution is -0.384. The predicted molar refractivity (Wildman–Crippen MR) is 136 cm³/mol. The highest BCUT2D eigenvalue weighted by atomic mass is 79.9. The van der Waals surface area contributed by atoms with Gasteiger partial charge in [-0.1, -0.05) is 39.8 Å². The highest BCUT2D eigenvalue weighted by Gasteiger charge is 2.17. The van der Waals surface area contributed by atoms with E-state index in [9.17, 15) is 14.9 Å². The number of aromatic nitrogens is 4. The minimum Gasteiger partial charge on any atom is -0.272 e. The number of amides is 1. The number of pyridine rings is 1. The van der Waals surface area contributed by atoms with Crippen LogP contribution >= 0.6 is 27.7 Å². The summed E-state index contributed by atoms with van der Waals surface area (Å²) in [7, 11) is 0. The molecule has 176 valence electrons. The quantitative estimate of drug-likeness (QED) is 0.146. The molecule has 0 fully saturated rings. The highest BCUT2D eigenvalue weighted by molar-refractivity contribution is 9.10. The Kier molecular flexibility index (Phi) is 7.63. The molecule has 12 heteroatoms. The SMILES string of the molecule is CC(=NNC(=O)CSc1nnc(-c2ccncc2)n1-c1ccc(Br)cc1)c1cccc([N+](=O)[O-])c1. The molecule has 1 N–H and O–H groups in total. The molecule has 0 bridgehead atoms. The summed E-state index contributed by atoms with van der Waals surface area (Å²) in [4.78, 5) is 27.0. The number of nitro groups is 1. The first-order valence-corrected chi connectivity index (χ1v) is 12.0. The van der Waals surface area contributed by atoms with E-state index in [2.05, 4.69) is 41.6 Å². The molecule has 4 rings (SSSR count). The molecule has 0 saturated heterocycles. The average molecular weight is 552 g/mol. The molecule has 2 aromatic heterocycles. The third kappa shape index (κ3) is 5.97. The molecular formula is C23H18BrN7O3S. The van der Waals surface area contributed by atoms with E-state index in [1.165, 1.54) is 23.9 Å². The summed E-state index contributed by atoms with van der Waals surface area (Å²) in [5.41, 5.74) is 5.12. The highest BCUT2D eigenvalue weighted by Crippen LogP contribution is 2.28. The van der Waals surface area contributed by atoms with E-state index in [1.54, 1.807) is 31.5 Å². The lowest BCUT2D eigenvalue weighted by Gasteiger charge is -2.10. The van der Waals surface area contributed by atoms with Gasteiger partial charge in [0.15, 0.2) is 11.0 Å². The molecule has 35 heavy (non-hydrogen) atoms. The van der Waals surface area contributed by atoms with Crippen molar-refractivity contribution in [1.29, 1.82) is 0 Å². The van der Waals surface area contributed by atoms with Crippen molar-refractivity contribution in [3.63, 3.8) is 0 Å². The number of nitro benzene ring substituents is 1. The first-order chi connectivity index (χ1) is 16.9. The van der Waals surface area contributed by atoms with Crippen LogP contribution in [0.4, 0.5) is 5.69 Å². The first-order valence-electron chi connectivity index (χ1n) is 10.2. The van der Waals surface area contributed by atoms with Crippen molar-refractivity contribution in [2.45, 2.75) is 12.1 Å². The summed E-state index contributed by atoms with van der Waals surface area (Å²) in [5, 5.41) is 24.2. The monoisotopic (exact) mass is 551 g/mol. The van der Waals surface area contributed by atoms with Crippen molar-refractivity contribution in [2.24, 2.45) is 5.10 Å². The second-order valence-electron chi connectivity index (χ2n) is 7.18. The van der Waals surface area contributed by atoms with Crippen LogP contribution in [-0.2, 0) is 4.79 Å². The number of halogens is 1. The number of carbonyl (C=O) groups is 1. The van der Waals surface area contributed by atoms with Gasteiger partial charge in [-0.2, -0.15) is 5.10 Å². The van der Waals surface area contributed by atoms with E-state index < -0.39 is 4.92 Å². The third-order valence-corrected chi connectivity index (χ3v) is 6.27. The van der Waals surface area contributed by atoms with Crippen LogP contribution in [0.15, 0.2) is 87.8 Å². The standard InChI is InChI=1S/C23H18BrN7O3S/c1-15(17-3-2-4-20(13-17)31(33)34)26-27-21(32)14-35-23-29-28-22(16-9-11-25-12-10-16)30(23)19-7-5-18(24)6-8-19/h2-13H,14H2,1H3,(H,27,32). The number of hydrogen-bond acceptors (Lipinski definition) is 8. The maximum Gasteiger partial charge on any atom is 0.270 e. The molecule has 10 nitrogen and oxygen atoms in total. The summed E-state index contributed by atoms with van der Waals surface area (Å²) in [6, 6.07) is 17.4. The number of thioether (sulfide) groups is 1. The number of hydrogen-bond donors (Lipinski definition) is 1. The van der Waals surface area contributed by atoms with Gasteiger partial charge in [-0.15, -0.1) is 10.2 Å². The van der Waals surface area contributed by atoms with Crippen LogP contribution in [0.2, 0.25) is 0 Å². The normalized spacial score (nSPS) is 11.3. The lowest BCUT2D eigenvalue weighted by Crippen LogP contribution is -2.21. The van der Waals surface area contributed by atoms with Gasteiger partial charge in [-0.3, -0.25) is 24.5 Å². The maximum absolute atomic E-state index is 12.5. The Morgan fingerprint density at radius 1 is 1.14 bits per heavy atom. The van der Waals surface area contributed by atoms with E-state index in [1.807, 2.05) is 41.0 Å². The van der Waals surface area contributed by atoms with Crippen molar-refractivity contribution >= 4 is 45.0 Å². The number of non-ortho nitro benzene ring substituents is 1. The molecule has 0 aliphatic heterocycles. The molecule has 0 atom stereocenters. The van der Waals surface area contributed by atoms with Crippen molar-refractivity contribution < 1.29 is 9.72 Å². The molecular weight excluding hydrogens is 534 g/mol. The van der Waals surface area contributed by atoms with Crippen LogP contribution in [0.3, 0.4) is 0 Å². The van der Waals surface area contributed by atoms with Crippen LogP contribution in [0.5, 0.6) is 0 Å². The minimum absolute atomic E-state index is 0.0384. The predicted octanol–water partition coefficient (Wildman–Crippen LogP) is 4.63. The van der Waals surface area contributed by atoms with Crippen LogP contribution in [0.1, 0.15) is 12.5 Å². The number of rotatable bonds is 8.